The van der Waals surface area contributed by atoms with Crippen molar-refractivity contribution < 1.29 is 23.1 Å². The first kappa shape index (κ1) is 30.2. The van der Waals surface area contributed by atoms with Crippen molar-refractivity contribution >= 4 is 15.7 Å². The number of aromatic hydroxyl groups is 1. The maximum absolute atomic E-state index is 14.0. The van der Waals surface area contributed by atoms with E-state index in [4.69, 9.17) is 10.5 Å². The number of ether oxygens (including phenoxy) is 1. The van der Waals surface area contributed by atoms with E-state index in [1.165, 1.54) is 28.8 Å². The highest BCUT2D eigenvalue weighted by Crippen LogP contribution is 2.31. The van der Waals surface area contributed by atoms with Crippen molar-refractivity contribution in [3.63, 3.8) is 0 Å². The van der Waals surface area contributed by atoms with Crippen molar-refractivity contribution in [2.75, 3.05) is 0 Å². The van der Waals surface area contributed by atoms with Gasteiger partial charge in [0, 0.05) is 5.56 Å². The van der Waals surface area contributed by atoms with Crippen molar-refractivity contribution in [3.05, 3.63) is 106 Å². The summed E-state index contributed by atoms with van der Waals surface area (Å²) in [5.41, 5.74) is 6.80. The van der Waals surface area contributed by atoms with Crippen LogP contribution in [0.4, 0.5) is 0 Å². The molecule has 0 aliphatic carbocycles. The average Bonchev–Trinajstić information content (AvgIpc) is 2.97. The monoisotopic (exact) mass is 586 g/mol. The molecule has 1 aromatic heterocycles. The maximum atomic E-state index is 14.0. The molecule has 0 saturated carbocycles. The Hall–Kier alpha value is -4.79. The molecule has 4 rings (SSSR count). The number of amides is 1. The molecule has 0 fully saturated rings. The third kappa shape index (κ3) is 5.95. The van der Waals surface area contributed by atoms with Gasteiger partial charge in [-0.05, 0) is 67.3 Å². The summed E-state index contributed by atoms with van der Waals surface area (Å²) in [5, 5.41) is 20.2. The van der Waals surface area contributed by atoms with Crippen LogP contribution in [0.5, 0.6) is 5.88 Å². The van der Waals surface area contributed by atoms with Crippen LogP contribution in [0.25, 0.3) is 11.1 Å². The van der Waals surface area contributed by atoms with E-state index in [0.717, 1.165) is 0 Å². The lowest BCUT2D eigenvalue weighted by Gasteiger charge is -2.24. The Morgan fingerprint density at radius 1 is 1.10 bits per heavy atom. The highest BCUT2D eigenvalue weighted by molar-refractivity contribution is 7.91. The van der Waals surface area contributed by atoms with Gasteiger partial charge >= 0.3 is 0 Å². The third-order valence-electron chi connectivity index (χ3n) is 6.71. The summed E-state index contributed by atoms with van der Waals surface area (Å²) in [6, 6.07) is 20.2. The fraction of sp³-hybridized carbons (Fsp3) is 0.226. The van der Waals surface area contributed by atoms with Gasteiger partial charge in [0.05, 0.1) is 28.7 Å². The number of nitriles is 1. The number of aromatic nitrogens is 2. The molecule has 3 N–H and O–H groups in total. The summed E-state index contributed by atoms with van der Waals surface area (Å²) in [6.07, 6.45) is 0.115. The van der Waals surface area contributed by atoms with E-state index in [0.29, 0.717) is 28.7 Å². The molecular formula is C31H30N4O6S. The van der Waals surface area contributed by atoms with Gasteiger partial charge in [-0.2, -0.15) is 10.2 Å². The number of rotatable bonds is 10. The van der Waals surface area contributed by atoms with Gasteiger partial charge in [-0.15, -0.1) is 0 Å². The summed E-state index contributed by atoms with van der Waals surface area (Å²) in [5.74, 6) is -1.54. The summed E-state index contributed by atoms with van der Waals surface area (Å²) in [6.45, 7) is 5.23. The molecule has 0 spiro atoms. The summed E-state index contributed by atoms with van der Waals surface area (Å²) in [7, 11) is -4.56. The number of hydrogen-bond donors (Lipinski definition) is 2. The minimum atomic E-state index is -4.56. The molecule has 216 valence electrons. The van der Waals surface area contributed by atoms with Crippen molar-refractivity contribution in [2.24, 2.45) is 5.73 Å². The number of nitrogens with zero attached hydrogens (tertiary/aromatic N) is 3. The molecule has 0 aliphatic rings. The zero-order valence-electron chi connectivity index (χ0n) is 23.3. The average molecular weight is 587 g/mol. The number of carbonyl (C=O) groups excluding carboxylic acids is 1. The van der Waals surface area contributed by atoms with Gasteiger partial charge in [0.2, 0.25) is 21.6 Å². The second-order valence-electron chi connectivity index (χ2n) is 9.81. The molecule has 1 atom stereocenters. The number of nitrogens with two attached hydrogens (primary N) is 1. The fourth-order valence-electron chi connectivity index (χ4n) is 4.71. The molecule has 4 aromatic rings. The summed E-state index contributed by atoms with van der Waals surface area (Å²) < 4.78 is 34.5. The normalized spacial score (nSPS) is 12.2. The lowest BCUT2D eigenvalue weighted by molar-refractivity contribution is 0.0573. The van der Waals surface area contributed by atoms with E-state index in [1.54, 1.807) is 62.4 Å². The van der Waals surface area contributed by atoms with Gasteiger partial charge in [0.25, 0.3) is 5.56 Å². The van der Waals surface area contributed by atoms with E-state index in [-0.39, 0.29) is 29.0 Å². The van der Waals surface area contributed by atoms with Gasteiger partial charge in [-0.3, -0.25) is 14.2 Å². The maximum Gasteiger partial charge on any atom is 0.277 e. The predicted octanol–water partition coefficient (Wildman–Crippen LogP) is 4.34. The largest absolute Gasteiger partial charge is 0.492 e. The van der Waals surface area contributed by atoms with Crippen LogP contribution in [0.1, 0.15) is 60.5 Å². The molecule has 0 aliphatic heterocycles. The molecule has 1 heterocycles. The zero-order chi connectivity index (χ0) is 30.6. The van der Waals surface area contributed by atoms with Gasteiger partial charge in [0.1, 0.15) is 12.4 Å². The number of sulfone groups is 1. The summed E-state index contributed by atoms with van der Waals surface area (Å²) >= 11 is 0. The van der Waals surface area contributed by atoms with Gasteiger partial charge < -0.3 is 15.6 Å². The number of primary amides is 1. The SMILES string of the molecule is CCC(c1cccc(C#N)c1)n1c(COC(C)C)nc(O)c(S(=O)(=O)c2ccc(-c3ccccc3C(N)=O)cc2)c1=O. The minimum Gasteiger partial charge on any atom is -0.492 e. The van der Waals surface area contributed by atoms with Crippen LogP contribution in [0.3, 0.4) is 0 Å². The highest BCUT2D eigenvalue weighted by atomic mass is 32.2. The number of hydrogen-bond acceptors (Lipinski definition) is 8. The molecule has 1 amide bonds. The lowest BCUT2D eigenvalue weighted by atomic mass is 9.99. The van der Waals surface area contributed by atoms with Crippen LogP contribution in [0.15, 0.2) is 87.4 Å². The van der Waals surface area contributed by atoms with E-state index in [9.17, 15) is 28.4 Å². The third-order valence-corrected chi connectivity index (χ3v) is 8.50. The van der Waals surface area contributed by atoms with Crippen molar-refractivity contribution in [2.45, 2.75) is 55.7 Å². The Labute approximate surface area is 243 Å². The minimum absolute atomic E-state index is 0.0396. The Morgan fingerprint density at radius 2 is 1.79 bits per heavy atom. The van der Waals surface area contributed by atoms with E-state index in [1.807, 2.05) is 6.92 Å². The van der Waals surface area contributed by atoms with Crippen LogP contribution in [0, 0.1) is 11.3 Å². The van der Waals surface area contributed by atoms with Crippen molar-refractivity contribution in [1.82, 2.24) is 9.55 Å². The van der Waals surface area contributed by atoms with E-state index >= 15 is 0 Å². The molecule has 42 heavy (non-hydrogen) atoms. The van der Waals surface area contributed by atoms with Crippen molar-refractivity contribution in [1.29, 1.82) is 5.26 Å². The van der Waals surface area contributed by atoms with Gasteiger partial charge in [-0.1, -0.05) is 49.4 Å². The first-order valence-electron chi connectivity index (χ1n) is 13.2. The van der Waals surface area contributed by atoms with E-state index in [2.05, 4.69) is 11.1 Å². The Bertz CT molecular complexity index is 1840. The van der Waals surface area contributed by atoms with Gasteiger partial charge in [-0.25, -0.2) is 8.42 Å². The standard InChI is InChI=1S/C31H30N4O6S/c1-4-26(22-9-7-8-20(16-22)17-32)35-27(18-41-19(2)3)34-30(37)28(31(35)38)42(39,40)23-14-12-21(13-15-23)24-10-5-6-11-25(24)29(33)36/h5-16,19,26,37H,4,18H2,1-3H3,(H2,33,36). The Balaban J connectivity index is 1.88. The Morgan fingerprint density at radius 3 is 2.40 bits per heavy atom. The second kappa shape index (κ2) is 12.4. The molecule has 10 nitrogen and oxygen atoms in total. The number of benzene rings is 3. The lowest BCUT2D eigenvalue weighted by Crippen LogP contribution is -2.34. The Kier molecular flexibility index (Phi) is 8.90. The molecule has 11 heteroatoms. The van der Waals surface area contributed by atoms with Crippen LogP contribution in [-0.2, 0) is 21.2 Å². The number of carbonyl (C=O) groups is 1. The van der Waals surface area contributed by atoms with E-state index < -0.39 is 38.1 Å². The summed E-state index contributed by atoms with van der Waals surface area (Å²) in [4.78, 5) is 28.9. The topological polar surface area (TPSA) is 165 Å². The van der Waals surface area contributed by atoms with Crippen LogP contribution in [-0.4, -0.2) is 35.1 Å². The smallest absolute Gasteiger partial charge is 0.277 e. The van der Waals surface area contributed by atoms with Crippen LogP contribution in [0.2, 0.25) is 0 Å². The molecule has 1 unspecified atom stereocenters. The molecule has 0 bridgehead atoms. The first-order valence-corrected chi connectivity index (χ1v) is 14.7. The molecular weight excluding hydrogens is 556 g/mol. The van der Waals surface area contributed by atoms with Crippen LogP contribution < -0.4 is 11.3 Å². The van der Waals surface area contributed by atoms with Crippen LogP contribution >= 0.6 is 0 Å². The predicted molar refractivity (Wildman–Crippen MR) is 156 cm³/mol. The van der Waals surface area contributed by atoms with Crippen molar-refractivity contribution in [3.8, 4) is 23.1 Å². The van der Waals surface area contributed by atoms with Gasteiger partial charge in [0.15, 0.2) is 4.90 Å². The second-order valence-corrected chi connectivity index (χ2v) is 11.7. The first-order chi connectivity index (χ1) is 20.0. The molecule has 0 radical (unpaired) electrons. The highest BCUT2D eigenvalue weighted by Gasteiger charge is 2.32. The quantitative estimate of drug-likeness (QED) is 0.277. The molecule has 0 saturated heterocycles. The zero-order valence-corrected chi connectivity index (χ0v) is 24.1. The fourth-order valence-corrected chi connectivity index (χ4v) is 6.06. The molecule has 3 aromatic carbocycles.